The van der Waals surface area contributed by atoms with E-state index < -0.39 is 10.7 Å². The van der Waals surface area contributed by atoms with E-state index in [2.05, 4.69) is 11.1 Å². The highest BCUT2D eigenvalue weighted by Crippen LogP contribution is 2.23. The molecule has 0 aliphatic rings. The highest BCUT2D eigenvalue weighted by atomic mass is 19.1. The molecule has 0 saturated carbocycles. The van der Waals surface area contributed by atoms with Gasteiger partial charge in [-0.2, -0.15) is 5.26 Å². The molecule has 0 bridgehead atoms. The van der Waals surface area contributed by atoms with Gasteiger partial charge in [0.25, 0.3) is 5.69 Å². The Morgan fingerprint density at radius 2 is 1.96 bits per heavy atom. The van der Waals surface area contributed by atoms with Gasteiger partial charge in [0, 0.05) is 12.1 Å². The molecule has 0 amide bonds. The number of allylic oxidation sites excluding steroid dienone is 1. The highest BCUT2D eigenvalue weighted by Gasteiger charge is 2.07. The zero-order valence-electron chi connectivity index (χ0n) is 13.9. The number of nitro groups is 1. The van der Waals surface area contributed by atoms with Crippen molar-refractivity contribution in [3.63, 3.8) is 0 Å². The Labute approximate surface area is 153 Å². The topological polar surface area (TPSA) is 89.0 Å². The summed E-state index contributed by atoms with van der Waals surface area (Å²) in [6, 6.07) is 17.4. The van der Waals surface area contributed by atoms with E-state index in [1.54, 1.807) is 42.5 Å². The molecular weight excluding hydrogens is 349 g/mol. The summed E-state index contributed by atoms with van der Waals surface area (Å²) >= 11 is 0. The molecule has 132 valence electrons. The average Bonchev–Trinajstić information content (AvgIpc) is 2.68. The summed E-state index contributed by atoms with van der Waals surface area (Å²) in [6.45, 7) is 0. The first-order valence-electron chi connectivity index (χ1n) is 7.81. The quantitative estimate of drug-likeness (QED) is 0.276. The van der Waals surface area contributed by atoms with Crippen molar-refractivity contribution in [2.24, 2.45) is 0 Å². The molecule has 7 heteroatoms. The molecule has 0 saturated heterocycles. The molecular formula is C20H12FN3O3. The van der Waals surface area contributed by atoms with Crippen molar-refractivity contribution < 1.29 is 14.1 Å². The predicted molar refractivity (Wildman–Crippen MR) is 97.3 cm³/mol. The molecule has 27 heavy (non-hydrogen) atoms. The minimum absolute atomic E-state index is 0.121. The molecule has 6 nitrogen and oxygen atoms in total. The Kier molecular flexibility index (Phi) is 5.19. The van der Waals surface area contributed by atoms with Gasteiger partial charge < -0.3 is 4.74 Å². The number of benzene rings is 2. The fourth-order valence-corrected chi connectivity index (χ4v) is 2.30. The first-order valence-corrected chi connectivity index (χ1v) is 7.81. The molecule has 0 fully saturated rings. The van der Waals surface area contributed by atoms with E-state index in [0.717, 1.165) is 11.8 Å². The van der Waals surface area contributed by atoms with Crippen molar-refractivity contribution in [1.82, 2.24) is 4.98 Å². The SMILES string of the molecule is N#CC(=Cc1ccc(Oc2ccc([N+](=O)[O-])cn2)cc1)c1cccc(F)c1. The van der Waals surface area contributed by atoms with Crippen molar-refractivity contribution >= 4 is 17.3 Å². The van der Waals surface area contributed by atoms with Crippen LogP contribution in [0.3, 0.4) is 0 Å². The van der Waals surface area contributed by atoms with E-state index in [4.69, 9.17) is 4.74 Å². The second-order valence-corrected chi connectivity index (χ2v) is 5.46. The standard InChI is InChI=1S/C20H12FN3O3/c21-17-3-1-2-15(11-17)16(12-22)10-14-4-7-19(8-5-14)27-20-9-6-18(13-23-20)24(25)26/h1-11,13H. The predicted octanol–water partition coefficient (Wildman–Crippen LogP) is 4.99. The molecule has 0 atom stereocenters. The lowest BCUT2D eigenvalue weighted by atomic mass is 10.0. The van der Waals surface area contributed by atoms with Crippen LogP contribution in [0.4, 0.5) is 10.1 Å². The zero-order chi connectivity index (χ0) is 19.2. The third-order valence-corrected chi connectivity index (χ3v) is 3.60. The van der Waals surface area contributed by atoms with E-state index in [1.807, 2.05) is 0 Å². The van der Waals surface area contributed by atoms with Gasteiger partial charge in [0.15, 0.2) is 0 Å². The fraction of sp³-hybridized carbons (Fsp3) is 0. The number of halogens is 1. The number of nitriles is 1. The van der Waals surface area contributed by atoms with Crippen molar-refractivity contribution in [2.75, 3.05) is 0 Å². The van der Waals surface area contributed by atoms with E-state index in [9.17, 15) is 19.8 Å². The van der Waals surface area contributed by atoms with Crippen molar-refractivity contribution in [1.29, 1.82) is 5.26 Å². The van der Waals surface area contributed by atoms with Crippen molar-refractivity contribution in [3.05, 3.63) is 93.9 Å². The Morgan fingerprint density at radius 1 is 1.19 bits per heavy atom. The summed E-state index contributed by atoms with van der Waals surface area (Å²) in [6.07, 6.45) is 2.76. The molecule has 0 N–H and O–H groups in total. The Balaban J connectivity index is 1.76. The number of nitrogens with zero attached hydrogens (tertiary/aromatic N) is 3. The number of ether oxygens (including phenoxy) is 1. The van der Waals surface area contributed by atoms with Crippen LogP contribution in [0.25, 0.3) is 11.6 Å². The van der Waals surface area contributed by atoms with Crippen LogP contribution in [-0.2, 0) is 0 Å². The molecule has 2 aromatic carbocycles. The largest absolute Gasteiger partial charge is 0.439 e. The van der Waals surface area contributed by atoms with Gasteiger partial charge in [-0.25, -0.2) is 9.37 Å². The van der Waals surface area contributed by atoms with Crippen molar-refractivity contribution in [2.45, 2.75) is 0 Å². The van der Waals surface area contributed by atoms with Crippen LogP contribution in [-0.4, -0.2) is 9.91 Å². The fourth-order valence-electron chi connectivity index (χ4n) is 2.30. The lowest BCUT2D eigenvalue weighted by Gasteiger charge is -2.05. The lowest BCUT2D eigenvalue weighted by molar-refractivity contribution is -0.385. The van der Waals surface area contributed by atoms with Crippen molar-refractivity contribution in [3.8, 4) is 17.7 Å². The van der Waals surface area contributed by atoms with Crippen LogP contribution in [0.1, 0.15) is 11.1 Å². The Hall–Kier alpha value is -4.05. The van der Waals surface area contributed by atoms with Crippen LogP contribution < -0.4 is 4.74 Å². The van der Waals surface area contributed by atoms with Crippen LogP contribution in [0.2, 0.25) is 0 Å². The van der Waals surface area contributed by atoms with Crippen LogP contribution in [0, 0.1) is 27.3 Å². The van der Waals surface area contributed by atoms with Gasteiger partial charge in [-0.05, 0) is 41.5 Å². The number of hydrogen-bond acceptors (Lipinski definition) is 5. The van der Waals surface area contributed by atoms with Crippen LogP contribution >= 0.6 is 0 Å². The van der Waals surface area contributed by atoms with Gasteiger partial charge in [-0.1, -0.05) is 24.3 Å². The molecule has 0 aliphatic heterocycles. The lowest BCUT2D eigenvalue weighted by Crippen LogP contribution is -1.91. The van der Waals surface area contributed by atoms with Gasteiger partial charge in [0.2, 0.25) is 5.88 Å². The molecule has 3 rings (SSSR count). The van der Waals surface area contributed by atoms with Crippen LogP contribution in [0.5, 0.6) is 11.6 Å². The van der Waals surface area contributed by atoms with Gasteiger partial charge in [0.05, 0.1) is 16.6 Å². The molecule has 1 heterocycles. The monoisotopic (exact) mass is 361 g/mol. The van der Waals surface area contributed by atoms with E-state index in [-0.39, 0.29) is 11.6 Å². The molecule has 0 aliphatic carbocycles. The van der Waals surface area contributed by atoms with Gasteiger partial charge in [0.1, 0.15) is 17.8 Å². The van der Waals surface area contributed by atoms with Gasteiger partial charge in [-0.3, -0.25) is 10.1 Å². The number of hydrogen-bond donors (Lipinski definition) is 0. The maximum atomic E-state index is 13.3. The summed E-state index contributed by atoms with van der Waals surface area (Å²) < 4.78 is 18.9. The van der Waals surface area contributed by atoms with Crippen LogP contribution in [0.15, 0.2) is 66.9 Å². The smallest absolute Gasteiger partial charge is 0.287 e. The molecule has 0 unspecified atom stereocenters. The summed E-state index contributed by atoms with van der Waals surface area (Å²) in [7, 11) is 0. The normalized spacial score (nSPS) is 10.9. The summed E-state index contributed by atoms with van der Waals surface area (Å²) in [4.78, 5) is 14.0. The first-order chi connectivity index (χ1) is 13.0. The average molecular weight is 361 g/mol. The first kappa shape index (κ1) is 17.8. The number of pyridine rings is 1. The number of rotatable bonds is 5. The van der Waals surface area contributed by atoms with Gasteiger partial charge >= 0.3 is 0 Å². The summed E-state index contributed by atoms with van der Waals surface area (Å²) in [5.41, 5.74) is 1.44. The Morgan fingerprint density at radius 3 is 2.56 bits per heavy atom. The highest BCUT2D eigenvalue weighted by molar-refractivity contribution is 5.89. The minimum atomic E-state index is -0.538. The molecule has 3 aromatic rings. The minimum Gasteiger partial charge on any atom is -0.439 e. The third-order valence-electron chi connectivity index (χ3n) is 3.60. The Bertz CT molecular complexity index is 1040. The molecule has 0 spiro atoms. The van der Waals surface area contributed by atoms with E-state index in [0.29, 0.717) is 16.9 Å². The maximum absolute atomic E-state index is 13.3. The van der Waals surface area contributed by atoms with Gasteiger partial charge in [-0.15, -0.1) is 0 Å². The summed E-state index contributed by atoms with van der Waals surface area (Å²) in [5, 5.41) is 19.9. The third kappa shape index (κ3) is 4.52. The van der Waals surface area contributed by atoms with E-state index in [1.165, 1.54) is 24.3 Å². The second kappa shape index (κ2) is 7.89. The number of aromatic nitrogens is 1. The van der Waals surface area contributed by atoms with E-state index >= 15 is 0 Å². The molecule has 0 radical (unpaired) electrons. The summed E-state index contributed by atoms with van der Waals surface area (Å²) in [5.74, 6) is 0.298. The maximum Gasteiger partial charge on any atom is 0.287 e. The second-order valence-electron chi connectivity index (χ2n) is 5.46. The molecule has 1 aromatic heterocycles. The zero-order valence-corrected chi connectivity index (χ0v) is 13.9.